The molecule has 5 aromatic rings. The van der Waals surface area contributed by atoms with Crippen molar-refractivity contribution < 1.29 is 33.3 Å². The maximum absolute atomic E-state index is 12.8. The van der Waals surface area contributed by atoms with Gasteiger partial charge in [-0.1, -0.05) is 31.4 Å². The molecule has 2 aromatic carbocycles. The van der Waals surface area contributed by atoms with Crippen LogP contribution in [0.1, 0.15) is 97.9 Å². The van der Waals surface area contributed by atoms with Crippen molar-refractivity contribution in [3.05, 3.63) is 60.3 Å². The number of pyridine rings is 1. The number of anilines is 1. The summed E-state index contributed by atoms with van der Waals surface area (Å²) in [5.41, 5.74) is 3.47. The van der Waals surface area contributed by atoms with Gasteiger partial charge >= 0.3 is 18.0 Å². The lowest BCUT2D eigenvalue weighted by Gasteiger charge is -2.28. The zero-order chi connectivity index (χ0) is 40.3. The summed E-state index contributed by atoms with van der Waals surface area (Å²) in [5, 5.41) is 3.84. The average molecular weight is 754 g/mol. The van der Waals surface area contributed by atoms with Crippen molar-refractivity contribution >= 4 is 45.8 Å². The monoisotopic (exact) mass is 753 g/mol. The maximum atomic E-state index is 12.8. The molecule has 0 radical (unpaired) electrons. The molecule has 55 heavy (non-hydrogen) atoms. The highest BCUT2D eigenvalue weighted by Crippen LogP contribution is 2.37. The Kier molecular flexibility index (Phi) is 12.0. The number of aromatic nitrogens is 4. The van der Waals surface area contributed by atoms with Gasteiger partial charge in [0.25, 0.3) is 0 Å². The molecule has 0 unspecified atom stereocenters. The van der Waals surface area contributed by atoms with Gasteiger partial charge in [-0.3, -0.25) is 10.1 Å². The van der Waals surface area contributed by atoms with Crippen LogP contribution in [0.25, 0.3) is 44.6 Å². The number of fused-ring (bicyclic) bond motifs is 2. The maximum Gasteiger partial charge on any atom is 0.413 e. The summed E-state index contributed by atoms with van der Waals surface area (Å²) in [4.78, 5) is 47.6. The number of nitrogens with one attached hydrogen (secondary N) is 1. The van der Waals surface area contributed by atoms with Crippen LogP contribution in [0.5, 0.6) is 5.75 Å². The van der Waals surface area contributed by atoms with Crippen molar-refractivity contribution in [2.75, 3.05) is 19.5 Å². The van der Waals surface area contributed by atoms with Crippen molar-refractivity contribution in [2.45, 2.75) is 105 Å². The second-order valence-electron chi connectivity index (χ2n) is 16.6. The number of esters is 2. The Labute approximate surface area is 323 Å². The fraction of sp³-hybridized carbons (Fsp3) is 0.465. The van der Waals surface area contributed by atoms with Gasteiger partial charge in [0.1, 0.15) is 28.3 Å². The first kappa shape index (κ1) is 40.8. The van der Waals surface area contributed by atoms with E-state index in [9.17, 15) is 14.4 Å². The minimum absolute atomic E-state index is 0.171. The predicted octanol–water partition coefficient (Wildman–Crippen LogP) is 9.72. The Bertz CT molecular complexity index is 2200. The quantitative estimate of drug-likeness (QED) is 0.0708. The SMILES string of the molecule is COC(=O)c1cc(OC)c2c(c1)nc(-c1cc3ccc(-c4cccnc4NC(=O)OC(C)(C)C)cc3n1CCCCCCC(C)(C)C(=O)OC(C)(C)C)n2C. The Morgan fingerprint density at radius 3 is 2.22 bits per heavy atom. The number of unbranched alkanes of at least 4 members (excludes halogenated alkanes) is 3. The molecule has 0 aliphatic carbocycles. The number of imidazole rings is 1. The van der Waals surface area contributed by atoms with Crippen LogP contribution in [0, 0.1) is 5.41 Å². The van der Waals surface area contributed by atoms with Gasteiger partial charge in [-0.25, -0.2) is 19.6 Å². The number of nitrogens with zero attached hydrogens (tertiary/aromatic N) is 4. The number of aryl methyl sites for hydroxylation is 2. The normalized spacial score (nSPS) is 12.2. The smallest absolute Gasteiger partial charge is 0.413 e. The zero-order valence-corrected chi connectivity index (χ0v) is 34.1. The van der Waals surface area contributed by atoms with Crippen LogP contribution in [-0.4, -0.2) is 62.6 Å². The molecule has 1 N–H and O–H groups in total. The summed E-state index contributed by atoms with van der Waals surface area (Å²) >= 11 is 0. The van der Waals surface area contributed by atoms with E-state index < -0.39 is 28.7 Å². The highest BCUT2D eigenvalue weighted by molar-refractivity contribution is 5.98. The second-order valence-corrected chi connectivity index (χ2v) is 16.6. The number of ether oxygens (including phenoxy) is 4. The van der Waals surface area contributed by atoms with Crippen LogP contribution in [0.3, 0.4) is 0 Å². The number of carbonyl (C=O) groups excluding carboxylic acids is 3. The minimum atomic E-state index is -0.663. The molecule has 5 rings (SSSR count). The van der Waals surface area contributed by atoms with E-state index in [0.717, 1.165) is 65.3 Å². The summed E-state index contributed by atoms with van der Waals surface area (Å²) in [6.45, 7) is 15.7. The first-order valence-corrected chi connectivity index (χ1v) is 18.8. The molecule has 0 saturated heterocycles. The minimum Gasteiger partial charge on any atom is -0.494 e. The van der Waals surface area contributed by atoms with Gasteiger partial charge in [0.2, 0.25) is 0 Å². The standard InChI is InChI=1S/C43H55N5O7/c1-41(2,3)54-39(50)43(7,8)20-14-12-13-15-22-48-32-24-27(30-17-16-21-44-36(30)46-40(51)55-42(4,5)6)18-19-28(32)25-33(48)37-45-31-23-29(38(49)53-11)26-34(52-10)35(31)47(37)9/h16-19,21,23-26H,12-15,20,22H2,1-11H3,(H,44,46,51). The lowest BCUT2D eigenvalue weighted by molar-refractivity contribution is -0.166. The van der Waals surface area contributed by atoms with Crippen LogP contribution in [0.15, 0.2) is 54.7 Å². The molecule has 0 aliphatic heterocycles. The van der Waals surface area contributed by atoms with Gasteiger partial charge in [0.15, 0.2) is 5.82 Å². The van der Waals surface area contributed by atoms with E-state index in [1.165, 1.54) is 7.11 Å². The van der Waals surface area contributed by atoms with Gasteiger partial charge < -0.3 is 28.1 Å². The largest absolute Gasteiger partial charge is 0.494 e. The van der Waals surface area contributed by atoms with Crippen molar-refractivity contribution in [3.63, 3.8) is 0 Å². The number of rotatable bonds is 13. The van der Waals surface area contributed by atoms with E-state index in [1.807, 2.05) is 85.2 Å². The molecule has 0 spiro atoms. The lowest BCUT2D eigenvalue weighted by Crippen LogP contribution is -2.33. The van der Waals surface area contributed by atoms with Gasteiger partial charge in [-0.15, -0.1) is 0 Å². The van der Waals surface area contributed by atoms with E-state index in [4.69, 9.17) is 23.9 Å². The number of methoxy groups -OCH3 is 2. The third kappa shape index (κ3) is 9.65. The molecular formula is C43H55N5O7. The van der Waals surface area contributed by atoms with Gasteiger partial charge in [-0.2, -0.15) is 0 Å². The summed E-state index contributed by atoms with van der Waals surface area (Å²) in [6, 6.07) is 15.5. The molecule has 294 valence electrons. The Morgan fingerprint density at radius 1 is 0.836 bits per heavy atom. The Hall–Kier alpha value is -5.39. The fourth-order valence-electron chi connectivity index (χ4n) is 6.63. The molecule has 0 fully saturated rings. The Balaban J connectivity index is 1.51. The summed E-state index contributed by atoms with van der Waals surface area (Å²) in [6.07, 6.45) is 5.49. The van der Waals surface area contributed by atoms with Crippen LogP contribution < -0.4 is 10.1 Å². The third-order valence-electron chi connectivity index (χ3n) is 9.33. The first-order chi connectivity index (χ1) is 25.8. The number of hydrogen-bond acceptors (Lipinski definition) is 9. The summed E-state index contributed by atoms with van der Waals surface area (Å²) in [7, 11) is 4.86. The molecule has 12 nitrogen and oxygen atoms in total. The molecule has 3 heterocycles. The number of benzene rings is 2. The topological polar surface area (TPSA) is 136 Å². The zero-order valence-electron chi connectivity index (χ0n) is 34.1. The van der Waals surface area contributed by atoms with E-state index >= 15 is 0 Å². The van der Waals surface area contributed by atoms with Gasteiger partial charge in [0, 0.05) is 36.3 Å². The fourth-order valence-corrected chi connectivity index (χ4v) is 6.63. The molecule has 0 saturated carbocycles. The predicted molar refractivity (Wildman–Crippen MR) is 215 cm³/mol. The Morgan fingerprint density at radius 2 is 1.55 bits per heavy atom. The molecule has 3 aromatic heterocycles. The number of amides is 1. The molecule has 0 aliphatic rings. The van der Waals surface area contributed by atoms with E-state index in [0.29, 0.717) is 35.0 Å². The number of hydrogen-bond donors (Lipinski definition) is 1. The molecule has 0 bridgehead atoms. The second kappa shape index (κ2) is 16.1. The van der Waals surface area contributed by atoms with Crippen LogP contribution in [0.2, 0.25) is 0 Å². The van der Waals surface area contributed by atoms with E-state index in [1.54, 1.807) is 25.4 Å². The third-order valence-corrected chi connectivity index (χ3v) is 9.33. The molecule has 1 amide bonds. The van der Waals surface area contributed by atoms with Gasteiger partial charge in [0.05, 0.1) is 36.4 Å². The number of carbonyl (C=O) groups is 3. The molecule has 12 heteroatoms. The molecule has 0 atom stereocenters. The molecular weight excluding hydrogens is 699 g/mol. The van der Waals surface area contributed by atoms with Crippen molar-refractivity contribution in [1.29, 1.82) is 0 Å². The highest BCUT2D eigenvalue weighted by Gasteiger charge is 2.32. The highest BCUT2D eigenvalue weighted by atomic mass is 16.6. The first-order valence-electron chi connectivity index (χ1n) is 18.8. The van der Waals surface area contributed by atoms with Crippen LogP contribution >= 0.6 is 0 Å². The lowest BCUT2D eigenvalue weighted by atomic mass is 9.86. The van der Waals surface area contributed by atoms with E-state index in [2.05, 4.69) is 33.1 Å². The van der Waals surface area contributed by atoms with E-state index in [-0.39, 0.29) is 5.97 Å². The average Bonchev–Trinajstić information content (AvgIpc) is 3.63. The summed E-state index contributed by atoms with van der Waals surface area (Å²) < 4.78 is 26.2. The van der Waals surface area contributed by atoms with Crippen molar-refractivity contribution in [1.82, 2.24) is 19.1 Å². The van der Waals surface area contributed by atoms with Crippen LogP contribution in [-0.2, 0) is 32.6 Å². The summed E-state index contributed by atoms with van der Waals surface area (Å²) in [5.74, 6) is 0.975. The van der Waals surface area contributed by atoms with Crippen LogP contribution in [0.4, 0.5) is 10.6 Å². The van der Waals surface area contributed by atoms with Crippen molar-refractivity contribution in [3.8, 4) is 28.4 Å². The van der Waals surface area contributed by atoms with Gasteiger partial charge in [-0.05, 0) is 110 Å². The van der Waals surface area contributed by atoms with Crippen molar-refractivity contribution in [2.24, 2.45) is 12.5 Å².